The number of aliphatic hydroxyl groups excluding tert-OH is 1. The van der Waals surface area contributed by atoms with Gasteiger partial charge in [-0.05, 0) is 61.6 Å². The maximum absolute atomic E-state index is 14.2. The van der Waals surface area contributed by atoms with Crippen LogP contribution in [0.1, 0.15) is 47.6 Å². The third-order valence-electron chi connectivity index (χ3n) is 7.06. The van der Waals surface area contributed by atoms with Crippen molar-refractivity contribution in [2.24, 2.45) is 24.1 Å². The molecule has 1 aromatic carbocycles. The molecule has 10 heteroatoms. The van der Waals surface area contributed by atoms with Gasteiger partial charge in [0.25, 0.3) is 5.91 Å². The lowest BCUT2D eigenvalue weighted by atomic mass is 9.50. The van der Waals surface area contributed by atoms with Crippen LogP contribution in [0.5, 0.6) is 0 Å². The summed E-state index contributed by atoms with van der Waals surface area (Å²) in [5, 5.41) is 12.3. The number of anilines is 2. The lowest BCUT2D eigenvalue weighted by molar-refractivity contribution is -0.0773. The predicted molar refractivity (Wildman–Crippen MR) is 116 cm³/mol. The number of amides is 1. The molecule has 1 spiro atoms. The van der Waals surface area contributed by atoms with Crippen LogP contribution in [0.25, 0.3) is 11.2 Å². The number of nitrogens with zero attached hydrogens (tertiary/aromatic N) is 4. The van der Waals surface area contributed by atoms with Crippen molar-refractivity contribution < 1.29 is 14.3 Å². The first-order valence-corrected chi connectivity index (χ1v) is 10.6. The van der Waals surface area contributed by atoms with E-state index < -0.39 is 11.7 Å². The van der Waals surface area contributed by atoms with E-state index in [1.165, 1.54) is 16.7 Å². The molecule has 0 saturated heterocycles. The molecule has 9 nitrogen and oxygen atoms in total. The number of aliphatic hydroxyl groups is 1. The number of imidazole rings is 1. The van der Waals surface area contributed by atoms with Gasteiger partial charge in [-0.2, -0.15) is 4.98 Å². The second-order valence-electron chi connectivity index (χ2n) is 9.27. The van der Waals surface area contributed by atoms with Crippen LogP contribution in [0.2, 0.25) is 0 Å². The number of fused-ring (bicyclic) bond motifs is 1. The van der Waals surface area contributed by atoms with Gasteiger partial charge in [-0.25, -0.2) is 14.2 Å². The van der Waals surface area contributed by atoms with Gasteiger partial charge >= 0.3 is 5.69 Å². The van der Waals surface area contributed by atoms with Crippen molar-refractivity contribution in [1.29, 1.82) is 0 Å². The number of carbonyl (C=O) groups is 1. The summed E-state index contributed by atoms with van der Waals surface area (Å²) in [4.78, 5) is 33.2. The third-order valence-corrected chi connectivity index (χ3v) is 7.06. The minimum Gasteiger partial charge on any atom is -0.396 e. The molecule has 0 aliphatic heterocycles. The summed E-state index contributed by atoms with van der Waals surface area (Å²) in [5.74, 6) is -0.963. The molecule has 2 aliphatic carbocycles. The van der Waals surface area contributed by atoms with Gasteiger partial charge in [0.15, 0.2) is 5.65 Å². The summed E-state index contributed by atoms with van der Waals surface area (Å²) in [5.41, 5.74) is 7.29. The normalized spacial score (nSPS) is 24.4. The highest BCUT2D eigenvalue weighted by atomic mass is 19.1. The Balaban J connectivity index is 1.46. The Morgan fingerprint density at radius 3 is 2.72 bits per heavy atom. The molecule has 0 atom stereocenters. The van der Waals surface area contributed by atoms with Crippen molar-refractivity contribution in [3.8, 4) is 0 Å². The van der Waals surface area contributed by atoms with Crippen LogP contribution in [-0.4, -0.2) is 36.7 Å². The van der Waals surface area contributed by atoms with Crippen molar-refractivity contribution in [3.05, 3.63) is 45.8 Å². The average molecular weight is 440 g/mol. The van der Waals surface area contributed by atoms with E-state index in [9.17, 15) is 19.1 Å². The molecule has 0 radical (unpaired) electrons. The second-order valence-corrected chi connectivity index (χ2v) is 9.27. The lowest BCUT2D eigenvalue weighted by Gasteiger charge is -2.57. The topological polar surface area (TPSA) is 128 Å². The predicted octanol–water partition coefficient (Wildman–Crippen LogP) is 2.14. The molecule has 168 valence electrons. The Hall–Kier alpha value is -3.27. The number of nitrogens with one attached hydrogen (secondary N) is 1. The summed E-state index contributed by atoms with van der Waals surface area (Å²) in [6, 6.07) is 2.62. The zero-order valence-electron chi connectivity index (χ0n) is 17.9. The first-order valence-electron chi connectivity index (χ1n) is 10.6. The van der Waals surface area contributed by atoms with Gasteiger partial charge in [0.1, 0.15) is 11.3 Å². The van der Waals surface area contributed by atoms with Crippen molar-refractivity contribution in [3.63, 3.8) is 0 Å². The molecule has 2 heterocycles. The first-order chi connectivity index (χ1) is 15.2. The highest BCUT2D eigenvalue weighted by molar-refractivity contribution is 5.94. The molecule has 32 heavy (non-hydrogen) atoms. The van der Waals surface area contributed by atoms with Crippen molar-refractivity contribution in [2.75, 3.05) is 11.9 Å². The number of rotatable bonds is 5. The van der Waals surface area contributed by atoms with E-state index in [0.29, 0.717) is 28.3 Å². The van der Waals surface area contributed by atoms with E-state index in [1.54, 1.807) is 24.7 Å². The maximum Gasteiger partial charge on any atom is 0.330 e. The van der Waals surface area contributed by atoms with E-state index in [-0.39, 0.29) is 35.3 Å². The Kier molecular flexibility index (Phi) is 4.59. The van der Waals surface area contributed by atoms with Gasteiger partial charge in [0.05, 0.1) is 11.8 Å². The largest absolute Gasteiger partial charge is 0.396 e. The number of nitrogens with two attached hydrogens (primary N) is 1. The van der Waals surface area contributed by atoms with E-state index in [4.69, 9.17) is 5.73 Å². The van der Waals surface area contributed by atoms with Crippen LogP contribution in [-0.2, 0) is 7.05 Å². The van der Waals surface area contributed by atoms with Crippen molar-refractivity contribution in [1.82, 2.24) is 19.1 Å². The number of halogens is 1. The van der Waals surface area contributed by atoms with Gasteiger partial charge in [0.2, 0.25) is 5.95 Å². The number of carbonyl (C=O) groups excluding carboxylic acids is 1. The monoisotopic (exact) mass is 440 g/mol. The summed E-state index contributed by atoms with van der Waals surface area (Å²) < 4.78 is 17.5. The lowest BCUT2D eigenvalue weighted by Crippen LogP contribution is -2.50. The molecule has 2 saturated carbocycles. The number of aryl methyl sites for hydroxylation is 2. The van der Waals surface area contributed by atoms with Crippen LogP contribution in [0.3, 0.4) is 0 Å². The minimum absolute atomic E-state index is 0.0580. The molecular weight excluding hydrogens is 415 g/mol. The van der Waals surface area contributed by atoms with E-state index in [0.717, 1.165) is 25.7 Å². The van der Waals surface area contributed by atoms with Gasteiger partial charge in [-0.3, -0.25) is 13.9 Å². The van der Waals surface area contributed by atoms with E-state index in [2.05, 4.69) is 15.3 Å². The molecule has 4 N–H and O–H groups in total. The quantitative estimate of drug-likeness (QED) is 0.558. The Morgan fingerprint density at radius 2 is 2.06 bits per heavy atom. The number of benzene rings is 1. The zero-order valence-corrected chi connectivity index (χ0v) is 17.9. The smallest absolute Gasteiger partial charge is 0.330 e. The fourth-order valence-corrected chi connectivity index (χ4v) is 5.40. The van der Waals surface area contributed by atoms with Crippen LogP contribution < -0.4 is 16.7 Å². The summed E-state index contributed by atoms with van der Waals surface area (Å²) in [7, 11) is 1.69. The van der Waals surface area contributed by atoms with Gasteiger partial charge in [-0.15, -0.1) is 0 Å². The first kappa shape index (κ1) is 20.6. The van der Waals surface area contributed by atoms with Crippen molar-refractivity contribution in [2.45, 2.75) is 38.6 Å². The van der Waals surface area contributed by atoms with Crippen LogP contribution >= 0.6 is 0 Å². The molecular formula is C22H25FN6O3. The number of hydrogen-bond acceptors (Lipinski definition) is 6. The van der Waals surface area contributed by atoms with Crippen LogP contribution in [0.4, 0.5) is 16.0 Å². The fourth-order valence-electron chi connectivity index (χ4n) is 5.40. The van der Waals surface area contributed by atoms with Gasteiger partial charge in [0, 0.05) is 25.4 Å². The Bertz CT molecular complexity index is 1300. The Morgan fingerprint density at radius 1 is 1.34 bits per heavy atom. The maximum atomic E-state index is 14.2. The molecule has 5 rings (SSSR count). The highest BCUT2D eigenvalue weighted by Crippen LogP contribution is 2.62. The van der Waals surface area contributed by atoms with Crippen LogP contribution in [0.15, 0.2) is 23.1 Å². The minimum atomic E-state index is -0.835. The second kappa shape index (κ2) is 7.13. The molecule has 0 bridgehead atoms. The number of primary amides is 1. The SMILES string of the molecule is Cc1cc(C(N)=O)c(F)cc1Nc1ncc2c(n1)n(C1CC3(CC(CO)C3)C1)c(=O)n2C. The molecule has 3 aromatic rings. The molecule has 2 aromatic heterocycles. The third kappa shape index (κ3) is 3.09. The Labute approximate surface area is 183 Å². The fraction of sp³-hybridized carbons (Fsp3) is 0.455. The number of hydrogen-bond donors (Lipinski definition) is 3. The highest BCUT2D eigenvalue weighted by Gasteiger charge is 2.53. The van der Waals surface area contributed by atoms with Crippen LogP contribution in [0, 0.1) is 24.1 Å². The van der Waals surface area contributed by atoms with E-state index >= 15 is 0 Å². The van der Waals surface area contributed by atoms with Crippen molar-refractivity contribution >= 4 is 28.7 Å². The van der Waals surface area contributed by atoms with E-state index in [1.807, 2.05) is 0 Å². The number of aromatic nitrogens is 4. The standard InChI is InChI=1S/C22H25FN6O3/c1-11-3-14(18(24)31)15(23)4-16(11)26-20-25-9-17-19(27-20)29(21(32)28(17)2)13-7-22(8-13)5-12(6-22)10-30/h3-4,9,12-13,30H,5-8,10H2,1-2H3,(H2,24,31)(H,25,26,27). The molecule has 2 aliphatic rings. The summed E-state index contributed by atoms with van der Waals surface area (Å²) >= 11 is 0. The summed E-state index contributed by atoms with van der Waals surface area (Å²) in [6.45, 7) is 1.95. The summed E-state index contributed by atoms with van der Waals surface area (Å²) in [6.07, 6.45) is 5.38. The van der Waals surface area contributed by atoms with Gasteiger partial charge in [-0.1, -0.05) is 0 Å². The molecule has 2 fully saturated rings. The molecule has 1 amide bonds. The molecule has 0 unspecified atom stereocenters. The van der Waals surface area contributed by atoms with Gasteiger partial charge < -0.3 is 16.2 Å². The average Bonchev–Trinajstić information content (AvgIpc) is 2.93. The zero-order chi connectivity index (χ0) is 22.8.